The summed E-state index contributed by atoms with van der Waals surface area (Å²) in [6, 6.07) is 10.6. The average molecular weight is 302 g/mol. The van der Waals surface area contributed by atoms with E-state index in [1.54, 1.807) is 11.3 Å². The van der Waals surface area contributed by atoms with E-state index in [9.17, 15) is 4.79 Å². The fraction of sp³-hybridized carbons (Fsp3) is 0.353. The molecule has 1 aromatic heterocycles. The van der Waals surface area contributed by atoms with Gasteiger partial charge in [-0.3, -0.25) is 0 Å². The maximum absolute atomic E-state index is 11.5. The van der Waals surface area contributed by atoms with Crippen LogP contribution in [0.3, 0.4) is 0 Å². The van der Waals surface area contributed by atoms with E-state index in [4.69, 9.17) is 0 Å². The summed E-state index contributed by atoms with van der Waals surface area (Å²) in [5.41, 5.74) is 3.74. The van der Waals surface area contributed by atoms with Gasteiger partial charge in [0, 0.05) is 13.1 Å². The molecule has 0 saturated heterocycles. The first kappa shape index (κ1) is 15.6. The van der Waals surface area contributed by atoms with Gasteiger partial charge in [-0.15, -0.1) is 0 Å². The molecular weight excluding hydrogens is 280 g/mol. The Hall–Kier alpha value is -1.81. The van der Waals surface area contributed by atoms with E-state index in [1.165, 1.54) is 16.7 Å². The standard InChI is InChI=1S/C17H22N2OS/c1-3-9-18-17(20)19-11-13(2)14-4-6-15(7-5-14)16-8-10-21-12-16/h4-8,10,12-13H,3,9,11H2,1-2H3,(H2,18,19,20). The number of amides is 2. The quantitative estimate of drug-likeness (QED) is 0.824. The van der Waals surface area contributed by atoms with Crippen LogP contribution in [0.5, 0.6) is 0 Å². The molecule has 0 aliphatic rings. The Kier molecular flexibility index (Phi) is 5.81. The van der Waals surface area contributed by atoms with Crippen LogP contribution in [-0.4, -0.2) is 19.1 Å². The van der Waals surface area contributed by atoms with Gasteiger partial charge >= 0.3 is 6.03 Å². The number of hydrogen-bond donors (Lipinski definition) is 2. The largest absolute Gasteiger partial charge is 0.338 e. The molecule has 0 fully saturated rings. The van der Waals surface area contributed by atoms with Gasteiger partial charge in [0.15, 0.2) is 0 Å². The monoisotopic (exact) mass is 302 g/mol. The molecule has 2 N–H and O–H groups in total. The van der Waals surface area contributed by atoms with Crippen molar-refractivity contribution in [3.8, 4) is 11.1 Å². The summed E-state index contributed by atoms with van der Waals surface area (Å²) >= 11 is 1.71. The molecule has 21 heavy (non-hydrogen) atoms. The van der Waals surface area contributed by atoms with Crippen LogP contribution in [0, 0.1) is 0 Å². The van der Waals surface area contributed by atoms with E-state index >= 15 is 0 Å². The molecule has 2 aromatic rings. The molecule has 1 atom stereocenters. The van der Waals surface area contributed by atoms with Crippen molar-refractivity contribution in [2.24, 2.45) is 0 Å². The van der Waals surface area contributed by atoms with Crippen LogP contribution < -0.4 is 10.6 Å². The average Bonchev–Trinajstić information content (AvgIpc) is 3.05. The highest BCUT2D eigenvalue weighted by Crippen LogP contribution is 2.24. The normalized spacial score (nSPS) is 11.9. The fourth-order valence-electron chi connectivity index (χ4n) is 2.10. The maximum Gasteiger partial charge on any atom is 0.314 e. The number of benzene rings is 1. The molecule has 0 spiro atoms. The van der Waals surface area contributed by atoms with Crippen LogP contribution in [0.15, 0.2) is 41.1 Å². The first-order valence-corrected chi connectivity index (χ1v) is 8.29. The molecule has 4 heteroatoms. The van der Waals surface area contributed by atoms with Gasteiger partial charge < -0.3 is 10.6 Å². The molecule has 0 bridgehead atoms. The van der Waals surface area contributed by atoms with Crippen molar-refractivity contribution < 1.29 is 4.79 Å². The second kappa shape index (κ2) is 7.84. The number of hydrogen-bond acceptors (Lipinski definition) is 2. The summed E-state index contributed by atoms with van der Waals surface area (Å²) in [4.78, 5) is 11.5. The lowest BCUT2D eigenvalue weighted by Gasteiger charge is -2.14. The van der Waals surface area contributed by atoms with E-state index in [2.05, 4.69) is 58.6 Å². The van der Waals surface area contributed by atoms with Crippen LogP contribution in [0.2, 0.25) is 0 Å². The van der Waals surface area contributed by atoms with Crippen molar-refractivity contribution in [1.29, 1.82) is 0 Å². The van der Waals surface area contributed by atoms with Crippen LogP contribution in [-0.2, 0) is 0 Å². The summed E-state index contributed by atoms with van der Waals surface area (Å²) in [6.07, 6.45) is 0.951. The Morgan fingerprint density at radius 3 is 2.52 bits per heavy atom. The van der Waals surface area contributed by atoms with Crippen LogP contribution in [0.4, 0.5) is 4.79 Å². The molecular formula is C17H22N2OS. The zero-order chi connectivity index (χ0) is 15.1. The summed E-state index contributed by atoms with van der Waals surface area (Å²) in [5, 5.41) is 9.97. The van der Waals surface area contributed by atoms with Crippen molar-refractivity contribution in [3.63, 3.8) is 0 Å². The minimum Gasteiger partial charge on any atom is -0.338 e. The Labute approximate surface area is 130 Å². The Balaban J connectivity index is 1.88. The number of carbonyl (C=O) groups excluding carboxylic acids is 1. The minimum absolute atomic E-state index is 0.0846. The molecule has 112 valence electrons. The third-order valence-corrected chi connectivity index (χ3v) is 4.12. The number of nitrogens with one attached hydrogen (secondary N) is 2. The number of rotatable bonds is 6. The van der Waals surface area contributed by atoms with Crippen molar-refractivity contribution in [3.05, 3.63) is 46.7 Å². The smallest absolute Gasteiger partial charge is 0.314 e. The second-order valence-electron chi connectivity index (χ2n) is 5.17. The predicted molar refractivity (Wildman–Crippen MR) is 89.9 cm³/mol. The Morgan fingerprint density at radius 2 is 1.90 bits per heavy atom. The van der Waals surface area contributed by atoms with Gasteiger partial charge in [0.25, 0.3) is 0 Å². The highest BCUT2D eigenvalue weighted by molar-refractivity contribution is 7.08. The lowest BCUT2D eigenvalue weighted by atomic mass is 9.98. The van der Waals surface area contributed by atoms with E-state index in [0.29, 0.717) is 12.5 Å². The van der Waals surface area contributed by atoms with Crippen LogP contribution >= 0.6 is 11.3 Å². The molecule has 0 radical (unpaired) electrons. The first-order chi connectivity index (χ1) is 10.2. The Morgan fingerprint density at radius 1 is 1.14 bits per heavy atom. The van der Waals surface area contributed by atoms with Crippen molar-refractivity contribution in [2.75, 3.05) is 13.1 Å². The van der Waals surface area contributed by atoms with Gasteiger partial charge in [-0.1, -0.05) is 38.1 Å². The summed E-state index contributed by atoms with van der Waals surface area (Å²) < 4.78 is 0. The van der Waals surface area contributed by atoms with E-state index < -0.39 is 0 Å². The lowest BCUT2D eigenvalue weighted by Crippen LogP contribution is -2.37. The summed E-state index contributed by atoms with van der Waals surface area (Å²) in [5.74, 6) is 0.300. The number of carbonyl (C=O) groups is 1. The van der Waals surface area contributed by atoms with Gasteiger partial charge in [0.05, 0.1) is 0 Å². The second-order valence-corrected chi connectivity index (χ2v) is 5.95. The summed E-state index contributed by atoms with van der Waals surface area (Å²) in [7, 11) is 0. The fourth-order valence-corrected chi connectivity index (χ4v) is 2.76. The van der Waals surface area contributed by atoms with Gasteiger partial charge in [-0.25, -0.2) is 4.79 Å². The highest BCUT2D eigenvalue weighted by atomic mass is 32.1. The first-order valence-electron chi connectivity index (χ1n) is 7.35. The SMILES string of the molecule is CCCNC(=O)NCC(C)c1ccc(-c2ccsc2)cc1. The van der Waals surface area contributed by atoms with Gasteiger partial charge in [-0.05, 0) is 45.9 Å². The molecule has 0 saturated carbocycles. The van der Waals surface area contributed by atoms with Crippen molar-refractivity contribution in [2.45, 2.75) is 26.2 Å². The lowest BCUT2D eigenvalue weighted by molar-refractivity contribution is 0.240. The summed E-state index contributed by atoms with van der Waals surface area (Å²) in [6.45, 7) is 5.53. The minimum atomic E-state index is -0.0846. The van der Waals surface area contributed by atoms with E-state index in [1.807, 2.05) is 6.92 Å². The van der Waals surface area contributed by atoms with Gasteiger partial charge in [-0.2, -0.15) is 11.3 Å². The van der Waals surface area contributed by atoms with Crippen LogP contribution in [0.1, 0.15) is 31.7 Å². The zero-order valence-electron chi connectivity index (χ0n) is 12.6. The van der Waals surface area contributed by atoms with Crippen molar-refractivity contribution >= 4 is 17.4 Å². The third-order valence-electron chi connectivity index (χ3n) is 3.44. The molecule has 0 aliphatic heterocycles. The molecule has 0 aliphatic carbocycles. The molecule has 1 unspecified atom stereocenters. The zero-order valence-corrected chi connectivity index (χ0v) is 13.4. The molecule has 2 rings (SSSR count). The Bertz CT molecular complexity index is 549. The van der Waals surface area contributed by atoms with Gasteiger partial charge in [0.1, 0.15) is 0 Å². The van der Waals surface area contributed by atoms with E-state index in [-0.39, 0.29) is 6.03 Å². The molecule has 1 aromatic carbocycles. The third kappa shape index (κ3) is 4.60. The molecule has 2 amide bonds. The van der Waals surface area contributed by atoms with Gasteiger partial charge in [0.2, 0.25) is 0 Å². The molecule has 3 nitrogen and oxygen atoms in total. The van der Waals surface area contributed by atoms with E-state index in [0.717, 1.165) is 13.0 Å². The topological polar surface area (TPSA) is 41.1 Å². The predicted octanol–water partition coefficient (Wildman–Crippen LogP) is 4.23. The van der Waals surface area contributed by atoms with Crippen LogP contribution in [0.25, 0.3) is 11.1 Å². The number of thiophene rings is 1. The number of urea groups is 1. The maximum atomic E-state index is 11.5. The highest BCUT2D eigenvalue weighted by Gasteiger charge is 2.08. The molecule has 1 heterocycles. The van der Waals surface area contributed by atoms with Crippen molar-refractivity contribution in [1.82, 2.24) is 10.6 Å².